The molecule has 0 aromatic carbocycles. The molecule has 1 amide bonds. The predicted molar refractivity (Wildman–Crippen MR) is 88.9 cm³/mol. The van der Waals surface area contributed by atoms with Crippen molar-refractivity contribution < 1.29 is 9.21 Å². The molecule has 3 rings (SSSR count). The maximum atomic E-state index is 12.6. The monoisotopic (exact) mass is 313 g/mol. The number of carbonyl (C=O) groups excluding carboxylic acids is 1. The van der Waals surface area contributed by atoms with E-state index in [2.05, 4.69) is 11.2 Å². The van der Waals surface area contributed by atoms with Gasteiger partial charge in [-0.2, -0.15) is 5.10 Å². The smallest absolute Gasteiger partial charge is 0.225 e. The van der Waals surface area contributed by atoms with E-state index in [4.69, 9.17) is 4.42 Å². The molecule has 2 aromatic heterocycles. The maximum absolute atomic E-state index is 12.6. The molecular weight excluding hydrogens is 290 g/mol. The summed E-state index contributed by atoms with van der Waals surface area (Å²) in [5.41, 5.74) is 3.17. The van der Waals surface area contributed by atoms with Crippen LogP contribution in [0.2, 0.25) is 0 Å². The standard InChI is InChI=1S/C18H23N3O2/c1-13-10-14(2)21(19-13)15(3)11-18(22)20-8-4-6-16(12-20)17-7-5-9-23-17/h5-7,9-10,15H,4,8,11-12H2,1-3H3. The normalized spacial score (nSPS) is 16.3. The second-order valence-electron chi connectivity index (χ2n) is 6.24. The van der Waals surface area contributed by atoms with Crippen molar-refractivity contribution in [3.63, 3.8) is 0 Å². The Hall–Kier alpha value is -2.30. The van der Waals surface area contributed by atoms with Crippen LogP contribution in [0, 0.1) is 13.8 Å². The molecule has 3 heterocycles. The highest BCUT2D eigenvalue weighted by Crippen LogP contribution is 2.23. The van der Waals surface area contributed by atoms with E-state index in [0.717, 1.165) is 35.7 Å². The Morgan fingerprint density at radius 1 is 1.43 bits per heavy atom. The third-order valence-corrected chi connectivity index (χ3v) is 4.27. The minimum atomic E-state index is 0.0640. The highest BCUT2D eigenvalue weighted by atomic mass is 16.3. The molecule has 122 valence electrons. The summed E-state index contributed by atoms with van der Waals surface area (Å²) in [4.78, 5) is 14.6. The zero-order valence-corrected chi connectivity index (χ0v) is 14.0. The Bertz CT molecular complexity index is 713. The molecular formula is C18H23N3O2. The van der Waals surface area contributed by atoms with Gasteiger partial charge in [-0.3, -0.25) is 9.48 Å². The van der Waals surface area contributed by atoms with E-state index in [1.807, 2.05) is 48.6 Å². The fourth-order valence-electron chi connectivity index (χ4n) is 3.16. The van der Waals surface area contributed by atoms with Crippen LogP contribution in [0.1, 0.15) is 43.0 Å². The van der Waals surface area contributed by atoms with Crippen molar-refractivity contribution in [3.8, 4) is 0 Å². The van der Waals surface area contributed by atoms with Crippen LogP contribution in [0.4, 0.5) is 0 Å². The van der Waals surface area contributed by atoms with Crippen molar-refractivity contribution in [1.82, 2.24) is 14.7 Å². The average molecular weight is 313 g/mol. The lowest BCUT2D eigenvalue weighted by molar-refractivity contribution is -0.131. The zero-order chi connectivity index (χ0) is 16.4. The fourth-order valence-corrected chi connectivity index (χ4v) is 3.16. The fraction of sp³-hybridized carbons (Fsp3) is 0.444. The van der Waals surface area contributed by atoms with E-state index < -0.39 is 0 Å². The molecule has 0 aliphatic carbocycles. The third-order valence-electron chi connectivity index (χ3n) is 4.27. The summed E-state index contributed by atoms with van der Waals surface area (Å²) in [5, 5.41) is 4.48. The van der Waals surface area contributed by atoms with Crippen LogP contribution < -0.4 is 0 Å². The van der Waals surface area contributed by atoms with Crippen LogP contribution in [0.3, 0.4) is 0 Å². The van der Waals surface area contributed by atoms with Gasteiger partial charge < -0.3 is 9.32 Å². The number of furan rings is 1. The van der Waals surface area contributed by atoms with Gasteiger partial charge in [-0.15, -0.1) is 0 Å². The van der Waals surface area contributed by atoms with E-state index >= 15 is 0 Å². The quantitative estimate of drug-likeness (QED) is 0.869. The van der Waals surface area contributed by atoms with Crippen LogP contribution in [-0.2, 0) is 4.79 Å². The summed E-state index contributed by atoms with van der Waals surface area (Å²) in [6.45, 7) is 7.44. The number of aromatic nitrogens is 2. The highest BCUT2D eigenvalue weighted by molar-refractivity contribution is 5.79. The summed E-state index contributed by atoms with van der Waals surface area (Å²) in [7, 11) is 0. The molecule has 0 spiro atoms. The summed E-state index contributed by atoms with van der Waals surface area (Å²) in [6, 6.07) is 5.92. The predicted octanol–water partition coefficient (Wildman–Crippen LogP) is 3.36. The average Bonchev–Trinajstić information content (AvgIpc) is 3.17. The SMILES string of the molecule is Cc1cc(C)n(C(C)CC(=O)N2CCC=C(c3ccco3)C2)n1. The molecule has 0 saturated carbocycles. The summed E-state index contributed by atoms with van der Waals surface area (Å²) in [5.74, 6) is 1.02. The van der Waals surface area contributed by atoms with Gasteiger partial charge >= 0.3 is 0 Å². The second kappa shape index (κ2) is 6.44. The van der Waals surface area contributed by atoms with Gasteiger partial charge in [0.05, 0.1) is 18.0 Å². The first-order chi connectivity index (χ1) is 11.0. The van der Waals surface area contributed by atoms with E-state index in [1.165, 1.54) is 0 Å². The molecule has 2 aromatic rings. The molecule has 1 atom stereocenters. The van der Waals surface area contributed by atoms with Gasteiger partial charge in [0, 0.05) is 30.8 Å². The van der Waals surface area contributed by atoms with Crippen LogP contribution in [-0.4, -0.2) is 33.7 Å². The van der Waals surface area contributed by atoms with Crippen molar-refractivity contribution in [2.45, 2.75) is 39.7 Å². The number of aryl methyl sites for hydroxylation is 2. The van der Waals surface area contributed by atoms with E-state index in [1.54, 1.807) is 6.26 Å². The van der Waals surface area contributed by atoms with Crippen molar-refractivity contribution >= 4 is 11.5 Å². The molecule has 0 fully saturated rings. The molecule has 23 heavy (non-hydrogen) atoms. The number of amides is 1. The van der Waals surface area contributed by atoms with E-state index in [-0.39, 0.29) is 11.9 Å². The Kier molecular flexibility index (Phi) is 4.37. The molecule has 1 aliphatic heterocycles. The van der Waals surface area contributed by atoms with E-state index in [0.29, 0.717) is 13.0 Å². The van der Waals surface area contributed by atoms with Gasteiger partial charge in [0.25, 0.3) is 0 Å². The Balaban J connectivity index is 1.64. The largest absolute Gasteiger partial charge is 0.465 e. The molecule has 5 nitrogen and oxygen atoms in total. The Morgan fingerprint density at radius 3 is 2.91 bits per heavy atom. The van der Waals surface area contributed by atoms with Crippen LogP contribution in [0.5, 0.6) is 0 Å². The first kappa shape index (κ1) is 15.6. The van der Waals surface area contributed by atoms with Gasteiger partial charge in [0.1, 0.15) is 5.76 Å². The highest BCUT2D eigenvalue weighted by Gasteiger charge is 2.23. The number of rotatable bonds is 4. The van der Waals surface area contributed by atoms with Crippen molar-refractivity contribution in [3.05, 3.63) is 47.7 Å². The van der Waals surface area contributed by atoms with Crippen LogP contribution in [0.25, 0.3) is 5.57 Å². The van der Waals surface area contributed by atoms with Gasteiger partial charge in [0.15, 0.2) is 0 Å². The number of nitrogens with zero attached hydrogens (tertiary/aromatic N) is 3. The summed E-state index contributed by atoms with van der Waals surface area (Å²) >= 11 is 0. The minimum absolute atomic E-state index is 0.0640. The second-order valence-corrected chi connectivity index (χ2v) is 6.24. The molecule has 5 heteroatoms. The minimum Gasteiger partial charge on any atom is -0.465 e. The van der Waals surface area contributed by atoms with E-state index in [9.17, 15) is 4.79 Å². The van der Waals surface area contributed by atoms with Crippen LogP contribution >= 0.6 is 0 Å². The zero-order valence-electron chi connectivity index (χ0n) is 14.0. The first-order valence-corrected chi connectivity index (χ1v) is 8.08. The molecule has 0 N–H and O–H groups in total. The lowest BCUT2D eigenvalue weighted by Gasteiger charge is -2.28. The number of hydrogen-bond donors (Lipinski definition) is 0. The lowest BCUT2D eigenvalue weighted by Crippen LogP contribution is -2.36. The Morgan fingerprint density at radius 2 is 2.26 bits per heavy atom. The van der Waals surface area contributed by atoms with Gasteiger partial charge in [0.2, 0.25) is 5.91 Å². The summed E-state index contributed by atoms with van der Waals surface area (Å²) < 4.78 is 7.39. The number of carbonyl (C=O) groups is 1. The van der Waals surface area contributed by atoms with Crippen LogP contribution in [0.15, 0.2) is 35.0 Å². The topological polar surface area (TPSA) is 51.3 Å². The lowest BCUT2D eigenvalue weighted by atomic mass is 10.1. The first-order valence-electron chi connectivity index (χ1n) is 8.08. The van der Waals surface area contributed by atoms with Crippen molar-refractivity contribution in [2.75, 3.05) is 13.1 Å². The molecule has 0 saturated heterocycles. The molecule has 0 radical (unpaired) electrons. The Labute approximate surface area is 136 Å². The van der Waals surface area contributed by atoms with Crippen molar-refractivity contribution in [2.24, 2.45) is 0 Å². The number of hydrogen-bond acceptors (Lipinski definition) is 3. The van der Waals surface area contributed by atoms with Gasteiger partial charge in [-0.1, -0.05) is 6.08 Å². The molecule has 0 bridgehead atoms. The third kappa shape index (κ3) is 3.38. The van der Waals surface area contributed by atoms with Crippen molar-refractivity contribution in [1.29, 1.82) is 0 Å². The van der Waals surface area contributed by atoms with Gasteiger partial charge in [-0.05, 0) is 45.4 Å². The molecule has 1 unspecified atom stereocenters. The summed E-state index contributed by atoms with van der Waals surface area (Å²) in [6.07, 6.45) is 5.17. The van der Waals surface area contributed by atoms with Gasteiger partial charge in [-0.25, -0.2) is 0 Å². The maximum Gasteiger partial charge on any atom is 0.225 e. The molecule has 1 aliphatic rings.